The fraction of sp³-hybridized carbons (Fsp3) is 0.900. The molecule has 102 valence electrons. The molecule has 0 saturated carbocycles. The number of hydrogen-bond acceptors (Lipinski definition) is 3. The minimum atomic E-state index is -4.28. The van der Waals surface area contributed by atoms with Crippen molar-refractivity contribution in [1.29, 1.82) is 0 Å². The van der Waals surface area contributed by atoms with Crippen molar-refractivity contribution in [3.05, 3.63) is 0 Å². The first-order valence-corrected chi connectivity index (χ1v) is 5.34. The summed E-state index contributed by atoms with van der Waals surface area (Å²) in [5.74, 6) is -1.14. The molecule has 0 aliphatic heterocycles. The van der Waals surface area contributed by atoms with Gasteiger partial charge >= 0.3 is 12.1 Å². The van der Waals surface area contributed by atoms with Gasteiger partial charge in [-0.1, -0.05) is 6.92 Å². The lowest BCUT2D eigenvalue weighted by Crippen LogP contribution is -2.53. The van der Waals surface area contributed by atoms with Crippen LogP contribution in [0.5, 0.6) is 0 Å². The summed E-state index contributed by atoms with van der Waals surface area (Å²) in [5.41, 5.74) is -1.35. The first-order valence-electron chi connectivity index (χ1n) is 5.34. The largest absolute Gasteiger partial charge is 0.480 e. The fourth-order valence-electron chi connectivity index (χ4n) is 1.05. The summed E-state index contributed by atoms with van der Waals surface area (Å²) in [5, 5.41) is 11.7. The van der Waals surface area contributed by atoms with Gasteiger partial charge in [-0.2, -0.15) is 13.2 Å². The zero-order valence-electron chi connectivity index (χ0n) is 9.93. The second-order valence-electron chi connectivity index (χ2n) is 3.98. The maximum atomic E-state index is 11.8. The van der Waals surface area contributed by atoms with Gasteiger partial charge in [0.05, 0.1) is 19.6 Å². The maximum absolute atomic E-state index is 11.8. The Morgan fingerprint density at radius 2 is 2.00 bits per heavy atom. The number of halogens is 3. The van der Waals surface area contributed by atoms with Crippen molar-refractivity contribution in [2.45, 2.75) is 38.4 Å². The zero-order chi connectivity index (χ0) is 13.5. The molecule has 17 heavy (non-hydrogen) atoms. The summed E-state index contributed by atoms with van der Waals surface area (Å²) >= 11 is 0. The fourth-order valence-corrected chi connectivity index (χ4v) is 1.05. The third kappa shape index (κ3) is 7.17. The van der Waals surface area contributed by atoms with E-state index in [0.29, 0.717) is 6.54 Å². The van der Waals surface area contributed by atoms with E-state index in [9.17, 15) is 18.0 Å². The minimum Gasteiger partial charge on any atom is -0.480 e. The first kappa shape index (κ1) is 16.2. The smallest absolute Gasteiger partial charge is 0.391 e. The van der Waals surface area contributed by atoms with Crippen LogP contribution in [0.3, 0.4) is 0 Å². The van der Waals surface area contributed by atoms with Crippen molar-refractivity contribution < 1.29 is 27.8 Å². The topological polar surface area (TPSA) is 58.6 Å². The highest BCUT2D eigenvalue weighted by atomic mass is 19.4. The SMILES string of the molecule is CCCNC(C)(COCCC(F)(F)F)C(=O)O. The molecule has 1 unspecified atom stereocenters. The summed E-state index contributed by atoms with van der Waals surface area (Å²) in [6, 6.07) is 0. The molecule has 0 fully saturated rings. The van der Waals surface area contributed by atoms with Crippen molar-refractivity contribution in [3.8, 4) is 0 Å². The van der Waals surface area contributed by atoms with Gasteiger partial charge in [-0.15, -0.1) is 0 Å². The van der Waals surface area contributed by atoms with Crippen LogP contribution in [0, 0.1) is 0 Å². The van der Waals surface area contributed by atoms with Gasteiger partial charge in [0, 0.05) is 0 Å². The minimum absolute atomic E-state index is 0.293. The average molecular weight is 257 g/mol. The van der Waals surface area contributed by atoms with Gasteiger partial charge in [0.2, 0.25) is 0 Å². The molecular weight excluding hydrogens is 239 g/mol. The van der Waals surface area contributed by atoms with E-state index < -0.39 is 30.7 Å². The van der Waals surface area contributed by atoms with Crippen molar-refractivity contribution >= 4 is 5.97 Å². The number of carboxylic acids is 1. The molecule has 1 atom stereocenters. The van der Waals surface area contributed by atoms with E-state index in [1.165, 1.54) is 6.92 Å². The van der Waals surface area contributed by atoms with Crippen molar-refractivity contribution in [3.63, 3.8) is 0 Å². The summed E-state index contributed by atoms with van der Waals surface area (Å²) in [4.78, 5) is 11.0. The molecule has 0 amide bonds. The van der Waals surface area contributed by atoms with Crippen LogP contribution >= 0.6 is 0 Å². The highest BCUT2D eigenvalue weighted by Crippen LogP contribution is 2.19. The summed E-state index contributed by atoms with van der Waals surface area (Å²) in [6.45, 7) is 2.89. The molecule has 0 saturated heterocycles. The Morgan fingerprint density at radius 1 is 1.41 bits per heavy atom. The van der Waals surface area contributed by atoms with Crippen LogP contribution in [0.2, 0.25) is 0 Å². The number of hydrogen-bond donors (Lipinski definition) is 2. The van der Waals surface area contributed by atoms with E-state index in [1.54, 1.807) is 0 Å². The lowest BCUT2D eigenvalue weighted by Gasteiger charge is -2.26. The predicted molar refractivity (Wildman–Crippen MR) is 55.8 cm³/mol. The first-order chi connectivity index (χ1) is 7.71. The van der Waals surface area contributed by atoms with E-state index in [0.717, 1.165) is 6.42 Å². The standard InChI is InChI=1S/C10H18F3NO3/c1-3-5-14-9(2,8(15)16)7-17-6-4-10(11,12)13/h14H,3-7H2,1-2H3,(H,15,16). The molecule has 0 aliphatic carbocycles. The molecule has 0 rings (SSSR count). The monoisotopic (exact) mass is 257 g/mol. The zero-order valence-corrected chi connectivity index (χ0v) is 9.93. The molecule has 0 aromatic heterocycles. The Balaban J connectivity index is 4.05. The number of ether oxygens (including phenoxy) is 1. The van der Waals surface area contributed by atoms with Gasteiger partial charge in [0.1, 0.15) is 5.54 Å². The molecule has 0 bridgehead atoms. The second kappa shape index (κ2) is 6.80. The summed E-state index contributed by atoms with van der Waals surface area (Å²) in [6.07, 6.45) is -4.63. The maximum Gasteiger partial charge on any atom is 0.391 e. The molecule has 7 heteroatoms. The van der Waals surface area contributed by atoms with Gasteiger partial charge in [-0.25, -0.2) is 0 Å². The molecule has 0 radical (unpaired) electrons. The normalized spacial score (nSPS) is 15.6. The van der Waals surface area contributed by atoms with E-state index in [1.807, 2.05) is 6.92 Å². The number of rotatable bonds is 8. The van der Waals surface area contributed by atoms with Crippen LogP contribution in [0.25, 0.3) is 0 Å². The number of alkyl halides is 3. The molecule has 0 heterocycles. The van der Waals surface area contributed by atoms with Crippen LogP contribution in [-0.4, -0.2) is 42.5 Å². The van der Waals surface area contributed by atoms with Gasteiger partial charge in [0.25, 0.3) is 0 Å². The summed E-state index contributed by atoms with van der Waals surface area (Å²) < 4.78 is 40.2. The molecular formula is C10H18F3NO3. The quantitative estimate of drug-likeness (QED) is 0.651. The van der Waals surface area contributed by atoms with Gasteiger partial charge < -0.3 is 15.2 Å². The van der Waals surface area contributed by atoms with Crippen LogP contribution < -0.4 is 5.32 Å². The van der Waals surface area contributed by atoms with Crippen LogP contribution in [-0.2, 0) is 9.53 Å². The second-order valence-corrected chi connectivity index (χ2v) is 3.98. The van der Waals surface area contributed by atoms with Gasteiger partial charge in [-0.05, 0) is 19.9 Å². The van der Waals surface area contributed by atoms with Gasteiger partial charge in [-0.3, -0.25) is 4.79 Å². The Morgan fingerprint density at radius 3 is 2.41 bits per heavy atom. The van der Waals surface area contributed by atoms with Crippen molar-refractivity contribution in [2.75, 3.05) is 19.8 Å². The Kier molecular flexibility index (Phi) is 6.48. The lowest BCUT2D eigenvalue weighted by molar-refractivity contribution is -0.153. The highest BCUT2D eigenvalue weighted by Gasteiger charge is 2.33. The van der Waals surface area contributed by atoms with E-state index >= 15 is 0 Å². The number of aliphatic carboxylic acids is 1. The summed E-state index contributed by atoms with van der Waals surface area (Å²) in [7, 11) is 0. The Labute approximate surface area is 98.1 Å². The average Bonchev–Trinajstić information content (AvgIpc) is 2.20. The number of carboxylic acid groups (broad SMARTS) is 1. The van der Waals surface area contributed by atoms with Crippen LogP contribution in [0.1, 0.15) is 26.7 Å². The van der Waals surface area contributed by atoms with E-state index in [4.69, 9.17) is 9.84 Å². The Bertz CT molecular complexity index is 245. The molecule has 0 aromatic carbocycles. The molecule has 0 aliphatic rings. The van der Waals surface area contributed by atoms with E-state index in [2.05, 4.69) is 5.32 Å². The van der Waals surface area contributed by atoms with Gasteiger partial charge in [0.15, 0.2) is 0 Å². The third-order valence-electron chi connectivity index (χ3n) is 2.16. The highest BCUT2D eigenvalue weighted by molar-refractivity contribution is 5.78. The van der Waals surface area contributed by atoms with Crippen molar-refractivity contribution in [2.24, 2.45) is 0 Å². The van der Waals surface area contributed by atoms with Crippen LogP contribution in [0.15, 0.2) is 0 Å². The molecule has 0 spiro atoms. The predicted octanol–water partition coefficient (Wildman–Crippen LogP) is 1.80. The lowest BCUT2D eigenvalue weighted by atomic mass is 10.0. The molecule has 2 N–H and O–H groups in total. The third-order valence-corrected chi connectivity index (χ3v) is 2.16. The van der Waals surface area contributed by atoms with E-state index in [-0.39, 0.29) is 6.61 Å². The number of carbonyl (C=O) groups is 1. The molecule has 0 aromatic rings. The van der Waals surface area contributed by atoms with Crippen LogP contribution in [0.4, 0.5) is 13.2 Å². The van der Waals surface area contributed by atoms with Crippen molar-refractivity contribution in [1.82, 2.24) is 5.32 Å². The Hall–Kier alpha value is -0.820. The number of nitrogens with one attached hydrogen (secondary N) is 1. The molecule has 4 nitrogen and oxygen atoms in total.